The van der Waals surface area contributed by atoms with Gasteiger partial charge in [-0.1, -0.05) is 15.9 Å². The highest BCUT2D eigenvalue weighted by Crippen LogP contribution is 2.35. The number of pyridine rings is 1. The van der Waals surface area contributed by atoms with Gasteiger partial charge in [0, 0.05) is 28.9 Å². The summed E-state index contributed by atoms with van der Waals surface area (Å²) in [5.74, 6) is 0.682. The number of fused-ring (bicyclic) bond motifs is 1. The number of carbonyl (C=O) groups excluding carboxylic acids is 1. The van der Waals surface area contributed by atoms with Gasteiger partial charge in [0.05, 0.1) is 13.2 Å². The standard InChI is InChI=1S/C21H18BrF3N4O2/c1-31-17-8-7-14(22)12-13(17)6-9-18(30)28-10-3-5-16(28)20-27-26-19-15(21(23,24)25)4-2-11-29(19)20/h2,4,6-9,11-12,16H,3,5,10H2,1H3/b9-6+. The number of halogens is 4. The van der Waals surface area contributed by atoms with Crippen LogP contribution in [0.1, 0.15) is 35.8 Å². The molecule has 1 fully saturated rings. The number of ether oxygens (including phenoxy) is 1. The van der Waals surface area contributed by atoms with Gasteiger partial charge in [-0.2, -0.15) is 13.2 Å². The zero-order chi connectivity index (χ0) is 22.2. The highest BCUT2D eigenvalue weighted by molar-refractivity contribution is 9.10. The van der Waals surface area contributed by atoms with Gasteiger partial charge in [-0.15, -0.1) is 10.2 Å². The van der Waals surface area contributed by atoms with Crippen molar-refractivity contribution in [2.75, 3.05) is 13.7 Å². The van der Waals surface area contributed by atoms with Gasteiger partial charge in [0.1, 0.15) is 11.3 Å². The lowest BCUT2D eigenvalue weighted by atomic mass is 10.1. The van der Waals surface area contributed by atoms with Crippen LogP contribution < -0.4 is 4.74 Å². The van der Waals surface area contributed by atoms with Crippen LogP contribution in [0, 0.1) is 0 Å². The molecule has 1 aliphatic heterocycles. The summed E-state index contributed by atoms with van der Waals surface area (Å²) in [5, 5.41) is 7.77. The normalized spacial score (nSPS) is 17.1. The Kier molecular flexibility index (Phi) is 5.74. The van der Waals surface area contributed by atoms with E-state index in [0.717, 1.165) is 22.5 Å². The Hall–Kier alpha value is -2.88. The van der Waals surface area contributed by atoms with E-state index >= 15 is 0 Å². The third-order valence-corrected chi connectivity index (χ3v) is 5.69. The van der Waals surface area contributed by atoms with Crippen LogP contribution in [0.5, 0.6) is 5.75 Å². The number of alkyl halides is 3. The zero-order valence-electron chi connectivity index (χ0n) is 16.4. The largest absolute Gasteiger partial charge is 0.496 e. The number of amides is 1. The van der Waals surface area contributed by atoms with Crippen molar-refractivity contribution in [3.63, 3.8) is 0 Å². The Morgan fingerprint density at radius 1 is 1.29 bits per heavy atom. The van der Waals surface area contributed by atoms with Gasteiger partial charge in [0.15, 0.2) is 11.5 Å². The zero-order valence-corrected chi connectivity index (χ0v) is 18.0. The molecule has 0 aliphatic carbocycles. The van der Waals surface area contributed by atoms with Gasteiger partial charge in [-0.25, -0.2) is 0 Å². The SMILES string of the molecule is COc1ccc(Br)cc1/C=C/C(=O)N1CCCC1c1nnc2c(C(F)(F)F)cccn12. The van der Waals surface area contributed by atoms with Crippen molar-refractivity contribution in [3.8, 4) is 5.75 Å². The summed E-state index contributed by atoms with van der Waals surface area (Å²) >= 11 is 3.39. The number of nitrogens with zero attached hydrogens (tertiary/aromatic N) is 4. The Morgan fingerprint density at radius 3 is 2.84 bits per heavy atom. The van der Waals surface area contributed by atoms with Crippen molar-refractivity contribution >= 4 is 33.6 Å². The number of hydrogen-bond donors (Lipinski definition) is 0. The van der Waals surface area contributed by atoms with Crippen LogP contribution in [0.25, 0.3) is 11.7 Å². The molecular formula is C21H18BrF3N4O2. The van der Waals surface area contributed by atoms with Crippen LogP contribution in [0.15, 0.2) is 47.1 Å². The van der Waals surface area contributed by atoms with E-state index in [2.05, 4.69) is 26.1 Å². The average Bonchev–Trinajstić information content (AvgIpc) is 3.37. The molecule has 1 amide bonds. The first kappa shape index (κ1) is 21.4. The van der Waals surface area contributed by atoms with Gasteiger partial charge in [-0.3, -0.25) is 9.20 Å². The van der Waals surface area contributed by atoms with Crippen LogP contribution in [-0.4, -0.2) is 39.1 Å². The molecule has 3 aromatic rings. The first-order chi connectivity index (χ1) is 14.8. The Bertz CT molecular complexity index is 1160. The van der Waals surface area contributed by atoms with Crippen molar-refractivity contribution in [1.82, 2.24) is 19.5 Å². The molecule has 10 heteroatoms. The predicted octanol–water partition coefficient (Wildman–Crippen LogP) is 4.90. The lowest BCUT2D eigenvalue weighted by Gasteiger charge is -2.22. The van der Waals surface area contributed by atoms with Crippen molar-refractivity contribution in [2.45, 2.75) is 25.1 Å². The molecule has 1 saturated heterocycles. The van der Waals surface area contributed by atoms with E-state index in [0.29, 0.717) is 24.5 Å². The van der Waals surface area contributed by atoms with Gasteiger partial charge < -0.3 is 9.64 Å². The molecule has 3 heterocycles. The molecule has 1 unspecified atom stereocenters. The van der Waals surface area contributed by atoms with Crippen LogP contribution in [0.3, 0.4) is 0 Å². The van der Waals surface area contributed by atoms with Crippen molar-refractivity contribution < 1.29 is 22.7 Å². The van der Waals surface area contributed by atoms with Crippen molar-refractivity contribution in [3.05, 3.63) is 64.0 Å². The topological polar surface area (TPSA) is 59.7 Å². The molecule has 0 spiro atoms. The second-order valence-electron chi connectivity index (χ2n) is 7.08. The molecule has 1 atom stereocenters. The van der Waals surface area contributed by atoms with E-state index in [1.54, 1.807) is 24.2 Å². The number of carbonyl (C=O) groups is 1. The fourth-order valence-electron chi connectivity index (χ4n) is 3.77. The van der Waals surface area contributed by atoms with E-state index in [9.17, 15) is 18.0 Å². The molecule has 1 aliphatic rings. The quantitative estimate of drug-likeness (QED) is 0.484. The number of rotatable bonds is 4. The predicted molar refractivity (Wildman–Crippen MR) is 111 cm³/mol. The molecule has 162 valence electrons. The Morgan fingerprint density at radius 2 is 2.10 bits per heavy atom. The molecule has 1 aromatic carbocycles. The summed E-state index contributed by atoms with van der Waals surface area (Å²) in [5.41, 5.74) is -0.395. The number of hydrogen-bond acceptors (Lipinski definition) is 4. The van der Waals surface area contributed by atoms with E-state index in [-0.39, 0.29) is 11.6 Å². The molecule has 0 radical (unpaired) electrons. The fraction of sp³-hybridized carbons (Fsp3) is 0.286. The third kappa shape index (κ3) is 4.16. The lowest BCUT2D eigenvalue weighted by Crippen LogP contribution is -2.30. The van der Waals surface area contributed by atoms with Crippen LogP contribution in [-0.2, 0) is 11.0 Å². The van der Waals surface area contributed by atoms with Gasteiger partial charge >= 0.3 is 6.18 Å². The first-order valence-corrected chi connectivity index (χ1v) is 10.3. The molecule has 2 aromatic heterocycles. The maximum atomic E-state index is 13.3. The lowest BCUT2D eigenvalue weighted by molar-refractivity contribution is -0.136. The summed E-state index contributed by atoms with van der Waals surface area (Å²) in [7, 11) is 1.55. The van der Waals surface area contributed by atoms with Gasteiger partial charge in [-0.05, 0) is 49.2 Å². The maximum Gasteiger partial charge on any atom is 0.420 e. The third-order valence-electron chi connectivity index (χ3n) is 5.20. The summed E-state index contributed by atoms with van der Waals surface area (Å²) in [6, 6.07) is 7.27. The number of likely N-dealkylation sites (tertiary alicyclic amines) is 1. The fourth-order valence-corrected chi connectivity index (χ4v) is 4.15. The van der Waals surface area contributed by atoms with Crippen molar-refractivity contribution in [1.29, 1.82) is 0 Å². The molecule has 0 N–H and O–H groups in total. The molecular weight excluding hydrogens is 477 g/mol. The summed E-state index contributed by atoms with van der Waals surface area (Å²) < 4.78 is 47.4. The number of aromatic nitrogens is 3. The smallest absolute Gasteiger partial charge is 0.420 e. The minimum absolute atomic E-state index is 0.256. The summed E-state index contributed by atoms with van der Waals surface area (Å²) in [6.07, 6.45) is 1.36. The second-order valence-corrected chi connectivity index (χ2v) is 8.00. The molecule has 6 nitrogen and oxygen atoms in total. The first-order valence-electron chi connectivity index (χ1n) is 9.52. The van der Waals surface area contributed by atoms with Gasteiger partial charge in [0.2, 0.25) is 5.91 Å². The average molecular weight is 495 g/mol. The highest BCUT2D eigenvalue weighted by Gasteiger charge is 2.37. The Labute approximate surface area is 184 Å². The molecule has 0 bridgehead atoms. The number of benzene rings is 1. The Balaban J connectivity index is 1.63. The van der Waals surface area contributed by atoms with E-state index in [1.807, 2.05) is 12.1 Å². The van der Waals surface area contributed by atoms with E-state index in [1.165, 1.54) is 22.7 Å². The van der Waals surface area contributed by atoms with E-state index < -0.39 is 17.8 Å². The minimum Gasteiger partial charge on any atom is -0.496 e. The summed E-state index contributed by atoms with van der Waals surface area (Å²) in [6.45, 7) is 0.483. The van der Waals surface area contributed by atoms with Crippen LogP contribution >= 0.6 is 15.9 Å². The monoisotopic (exact) mass is 494 g/mol. The van der Waals surface area contributed by atoms with Crippen LogP contribution in [0.4, 0.5) is 13.2 Å². The second kappa shape index (κ2) is 8.33. The van der Waals surface area contributed by atoms with Gasteiger partial charge in [0.25, 0.3) is 0 Å². The maximum absolute atomic E-state index is 13.3. The summed E-state index contributed by atoms with van der Waals surface area (Å²) in [4.78, 5) is 14.5. The molecule has 31 heavy (non-hydrogen) atoms. The van der Waals surface area contributed by atoms with E-state index in [4.69, 9.17) is 4.74 Å². The highest BCUT2D eigenvalue weighted by atomic mass is 79.9. The van der Waals surface area contributed by atoms with Crippen LogP contribution in [0.2, 0.25) is 0 Å². The number of methoxy groups -OCH3 is 1. The minimum atomic E-state index is -4.54. The molecule has 0 saturated carbocycles. The molecule has 4 rings (SSSR count). The van der Waals surface area contributed by atoms with Crippen molar-refractivity contribution in [2.24, 2.45) is 0 Å².